The normalized spacial score (nSPS) is 11.6. The number of alkyl carbamates (subject to hydrolysis) is 1. The van der Waals surface area contributed by atoms with Gasteiger partial charge in [-0.15, -0.1) is 0 Å². The summed E-state index contributed by atoms with van der Waals surface area (Å²) in [6.07, 6.45) is 2.82. The van der Waals surface area contributed by atoms with Crippen molar-refractivity contribution in [2.45, 2.75) is 33.3 Å². The lowest BCUT2D eigenvalue weighted by molar-refractivity contribution is 0.0534. The van der Waals surface area contributed by atoms with Crippen molar-refractivity contribution in [1.29, 1.82) is 0 Å². The fraction of sp³-hybridized carbons (Fsp3) is 0.400. The van der Waals surface area contributed by atoms with E-state index in [9.17, 15) is 9.18 Å². The van der Waals surface area contributed by atoms with E-state index in [0.29, 0.717) is 12.1 Å². The van der Waals surface area contributed by atoms with Gasteiger partial charge >= 0.3 is 6.09 Å². The van der Waals surface area contributed by atoms with Crippen molar-refractivity contribution in [3.63, 3.8) is 0 Å². The molecule has 0 atom stereocenters. The molecule has 1 amide bonds. The molecular weight excluding hydrogens is 245 g/mol. The van der Waals surface area contributed by atoms with Crippen molar-refractivity contribution in [3.8, 4) is 0 Å². The molecule has 0 saturated carbocycles. The van der Waals surface area contributed by atoms with Gasteiger partial charge in [0.05, 0.1) is 0 Å². The fourth-order valence-corrected chi connectivity index (χ4v) is 1.41. The molecule has 0 heterocycles. The highest BCUT2D eigenvalue weighted by molar-refractivity contribution is 5.68. The Morgan fingerprint density at radius 1 is 1.42 bits per heavy atom. The number of benzene rings is 1. The maximum absolute atomic E-state index is 13.5. The highest BCUT2D eigenvalue weighted by atomic mass is 19.1. The molecule has 19 heavy (non-hydrogen) atoms. The van der Waals surface area contributed by atoms with E-state index in [2.05, 4.69) is 5.32 Å². The first-order valence-electron chi connectivity index (χ1n) is 6.17. The lowest BCUT2D eigenvalue weighted by Gasteiger charge is -2.19. The Hall–Kier alpha value is -1.84. The Morgan fingerprint density at radius 3 is 2.68 bits per heavy atom. The van der Waals surface area contributed by atoms with E-state index < -0.39 is 11.7 Å². The molecule has 0 radical (unpaired) electrons. The molecule has 1 aromatic rings. The summed E-state index contributed by atoms with van der Waals surface area (Å²) in [6, 6.07) is 5.01. The minimum atomic E-state index is -0.517. The lowest BCUT2D eigenvalue weighted by atomic mass is 10.1. The van der Waals surface area contributed by atoms with Crippen LogP contribution in [0.15, 0.2) is 24.3 Å². The van der Waals surface area contributed by atoms with Crippen molar-refractivity contribution >= 4 is 12.2 Å². The van der Waals surface area contributed by atoms with Crippen molar-refractivity contribution in [3.05, 3.63) is 41.2 Å². The van der Waals surface area contributed by atoms with Gasteiger partial charge in [0, 0.05) is 12.1 Å². The minimum absolute atomic E-state index is 0.270. The minimum Gasteiger partial charge on any atom is -0.444 e. The van der Waals surface area contributed by atoms with Crippen LogP contribution in [0.2, 0.25) is 0 Å². The van der Waals surface area contributed by atoms with Crippen LogP contribution in [0.4, 0.5) is 9.18 Å². The van der Waals surface area contributed by atoms with E-state index in [1.165, 1.54) is 6.07 Å². The van der Waals surface area contributed by atoms with Gasteiger partial charge in [0.25, 0.3) is 0 Å². The third kappa shape index (κ3) is 6.04. The molecular formula is C15H20FNO2. The summed E-state index contributed by atoms with van der Waals surface area (Å²) < 4.78 is 18.6. The molecule has 0 fully saturated rings. The van der Waals surface area contributed by atoms with Crippen molar-refractivity contribution in [2.24, 2.45) is 0 Å². The summed E-state index contributed by atoms with van der Waals surface area (Å²) in [5.41, 5.74) is 0.856. The van der Waals surface area contributed by atoms with Gasteiger partial charge < -0.3 is 10.1 Å². The molecule has 0 bridgehead atoms. The van der Waals surface area contributed by atoms with E-state index in [4.69, 9.17) is 4.74 Å². The molecule has 104 valence electrons. The van der Waals surface area contributed by atoms with Crippen LogP contribution < -0.4 is 5.32 Å². The number of rotatable bonds is 3. The van der Waals surface area contributed by atoms with Crippen LogP contribution in [0.1, 0.15) is 31.9 Å². The number of amides is 1. The number of halogens is 1. The monoisotopic (exact) mass is 265 g/mol. The van der Waals surface area contributed by atoms with Crippen molar-refractivity contribution < 1.29 is 13.9 Å². The SMILES string of the molecule is Cc1ccc(C=CCNC(=O)OC(C)(C)C)c(F)c1. The summed E-state index contributed by atoms with van der Waals surface area (Å²) in [7, 11) is 0. The van der Waals surface area contributed by atoms with Gasteiger partial charge in [0.15, 0.2) is 0 Å². The van der Waals surface area contributed by atoms with E-state index in [-0.39, 0.29) is 5.82 Å². The molecule has 0 saturated heterocycles. The number of ether oxygens (including phenoxy) is 1. The van der Waals surface area contributed by atoms with Crippen molar-refractivity contribution in [2.75, 3.05) is 6.54 Å². The first kappa shape index (κ1) is 15.2. The fourth-order valence-electron chi connectivity index (χ4n) is 1.41. The number of aryl methyl sites for hydroxylation is 1. The molecule has 0 aliphatic rings. The van der Waals surface area contributed by atoms with Crippen LogP contribution in [0.5, 0.6) is 0 Å². The quantitative estimate of drug-likeness (QED) is 0.905. The summed E-state index contributed by atoms with van der Waals surface area (Å²) in [5, 5.41) is 2.57. The zero-order valence-electron chi connectivity index (χ0n) is 11.8. The van der Waals surface area contributed by atoms with E-state index in [1.807, 2.05) is 13.0 Å². The van der Waals surface area contributed by atoms with E-state index in [1.54, 1.807) is 39.0 Å². The van der Waals surface area contributed by atoms with Crippen LogP contribution in [0.3, 0.4) is 0 Å². The second-order valence-corrected chi connectivity index (χ2v) is 5.31. The van der Waals surface area contributed by atoms with Gasteiger partial charge in [-0.05, 0) is 39.3 Å². The topological polar surface area (TPSA) is 38.3 Å². The molecule has 0 unspecified atom stereocenters. The molecule has 0 spiro atoms. The maximum atomic E-state index is 13.5. The Labute approximate surface area is 113 Å². The van der Waals surface area contributed by atoms with Crippen LogP contribution in [0.25, 0.3) is 6.08 Å². The first-order chi connectivity index (χ1) is 8.78. The molecule has 0 aliphatic carbocycles. The van der Waals surface area contributed by atoms with E-state index in [0.717, 1.165) is 5.56 Å². The predicted octanol–water partition coefficient (Wildman–Crippen LogP) is 3.67. The van der Waals surface area contributed by atoms with Gasteiger partial charge in [-0.1, -0.05) is 24.3 Å². The highest BCUT2D eigenvalue weighted by Gasteiger charge is 2.14. The number of hydrogen-bond acceptors (Lipinski definition) is 2. The number of carbonyl (C=O) groups is 1. The molecule has 3 nitrogen and oxygen atoms in total. The van der Waals surface area contributed by atoms with Gasteiger partial charge in [-0.3, -0.25) is 0 Å². The van der Waals surface area contributed by atoms with Gasteiger partial charge in [0.1, 0.15) is 11.4 Å². The van der Waals surface area contributed by atoms with Crippen molar-refractivity contribution in [1.82, 2.24) is 5.32 Å². The van der Waals surface area contributed by atoms with Gasteiger partial charge in [0.2, 0.25) is 0 Å². The second kappa shape index (κ2) is 6.36. The Balaban J connectivity index is 2.44. The van der Waals surface area contributed by atoms with E-state index >= 15 is 0 Å². The maximum Gasteiger partial charge on any atom is 0.407 e. The number of hydrogen-bond donors (Lipinski definition) is 1. The Bertz CT molecular complexity index is 476. The standard InChI is InChI=1S/C15H20FNO2/c1-11-7-8-12(13(16)10-11)6-5-9-17-14(18)19-15(2,3)4/h5-8,10H,9H2,1-4H3,(H,17,18). The lowest BCUT2D eigenvalue weighted by Crippen LogP contribution is -2.32. The van der Waals surface area contributed by atoms with Gasteiger partial charge in [-0.2, -0.15) is 0 Å². The zero-order chi connectivity index (χ0) is 14.5. The average Bonchev–Trinajstić information content (AvgIpc) is 2.24. The molecule has 0 aliphatic heterocycles. The molecule has 1 N–H and O–H groups in total. The summed E-state index contributed by atoms with van der Waals surface area (Å²) in [6.45, 7) is 7.52. The highest BCUT2D eigenvalue weighted by Crippen LogP contribution is 2.11. The summed E-state index contributed by atoms with van der Waals surface area (Å²) in [5.74, 6) is -0.270. The largest absolute Gasteiger partial charge is 0.444 e. The number of nitrogens with one attached hydrogen (secondary N) is 1. The van der Waals surface area contributed by atoms with Crippen LogP contribution in [-0.2, 0) is 4.74 Å². The first-order valence-corrected chi connectivity index (χ1v) is 6.17. The number of carbonyl (C=O) groups excluding carboxylic acids is 1. The molecule has 1 aromatic carbocycles. The molecule has 0 aromatic heterocycles. The Kier molecular flexibility index (Phi) is 5.10. The van der Waals surface area contributed by atoms with Crippen LogP contribution in [0, 0.1) is 12.7 Å². The summed E-state index contributed by atoms with van der Waals surface area (Å²) in [4.78, 5) is 11.3. The van der Waals surface area contributed by atoms with Crippen LogP contribution in [-0.4, -0.2) is 18.2 Å². The molecule has 4 heteroatoms. The Morgan fingerprint density at radius 2 is 2.11 bits per heavy atom. The van der Waals surface area contributed by atoms with Crippen LogP contribution >= 0.6 is 0 Å². The van der Waals surface area contributed by atoms with Gasteiger partial charge in [-0.25, -0.2) is 9.18 Å². The average molecular weight is 265 g/mol. The second-order valence-electron chi connectivity index (χ2n) is 5.31. The molecule has 1 rings (SSSR count). The summed E-state index contributed by atoms with van der Waals surface area (Å²) >= 11 is 0. The predicted molar refractivity (Wildman–Crippen MR) is 74.4 cm³/mol. The smallest absolute Gasteiger partial charge is 0.407 e. The zero-order valence-corrected chi connectivity index (χ0v) is 11.8. The third-order valence-electron chi connectivity index (χ3n) is 2.22. The third-order valence-corrected chi connectivity index (χ3v) is 2.22.